The highest BCUT2D eigenvalue weighted by Crippen LogP contribution is 2.13. The molecule has 0 amide bonds. The minimum atomic E-state index is -1.23. The summed E-state index contributed by atoms with van der Waals surface area (Å²) >= 11 is 0. The second-order valence-corrected chi connectivity index (χ2v) is 5.22. The minimum absolute atomic E-state index is 0.176. The van der Waals surface area contributed by atoms with Crippen LogP contribution in [0.25, 0.3) is 0 Å². The summed E-state index contributed by atoms with van der Waals surface area (Å²) in [4.78, 5) is 30.7. The molecule has 6 heteroatoms. The Morgan fingerprint density at radius 1 is 0.864 bits per heavy atom. The van der Waals surface area contributed by atoms with Crippen LogP contribution in [-0.2, 0) is 14.4 Å². The first-order valence-electron chi connectivity index (χ1n) is 7.58. The lowest BCUT2D eigenvalue weighted by Crippen LogP contribution is -2.23. The molecule has 0 aromatic rings. The fraction of sp³-hybridized carbons (Fsp3) is 0.688. The molecule has 0 aromatic carbocycles. The van der Waals surface area contributed by atoms with Gasteiger partial charge in [0, 0.05) is 5.57 Å². The Labute approximate surface area is 131 Å². The summed E-state index contributed by atoms with van der Waals surface area (Å²) in [5, 5.41) is 25.2. The molecule has 0 atom stereocenters. The maximum absolute atomic E-state index is 10.6. The number of carbonyl (C=O) groups is 3. The lowest BCUT2D eigenvalue weighted by Gasteiger charge is -2.06. The molecular formula is C16H28O6. The van der Waals surface area contributed by atoms with Gasteiger partial charge in [-0.15, -0.1) is 0 Å². The van der Waals surface area contributed by atoms with E-state index in [4.69, 9.17) is 15.3 Å². The lowest BCUT2D eigenvalue weighted by atomic mass is 10.0. The van der Waals surface area contributed by atoms with Crippen molar-refractivity contribution in [3.8, 4) is 0 Å². The minimum Gasteiger partial charge on any atom is -0.481 e. The van der Waals surface area contributed by atoms with E-state index in [0.717, 1.165) is 12.8 Å². The number of carboxylic acid groups (broad SMARTS) is 3. The predicted octanol–water partition coefficient (Wildman–Crippen LogP) is 3.56. The van der Waals surface area contributed by atoms with Gasteiger partial charge in [-0.25, -0.2) is 4.79 Å². The molecule has 6 nitrogen and oxygen atoms in total. The zero-order chi connectivity index (χ0) is 17.5. The highest BCUT2D eigenvalue weighted by atomic mass is 16.4. The average Bonchev–Trinajstić information content (AvgIpc) is 2.41. The summed E-state index contributed by atoms with van der Waals surface area (Å²) in [7, 11) is 0. The molecule has 0 unspecified atom stereocenters. The molecule has 128 valence electrons. The van der Waals surface area contributed by atoms with E-state index in [1.165, 1.54) is 32.6 Å². The van der Waals surface area contributed by atoms with Gasteiger partial charge in [-0.05, 0) is 13.3 Å². The largest absolute Gasteiger partial charge is 0.481 e. The Balaban J connectivity index is 0. The van der Waals surface area contributed by atoms with Crippen LogP contribution in [0.4, 0.5) is 0 Å². The van der Waals surface area contributed by atoms with Crippen LogP contribution in [0.1, 0.15) is 65.2 Å². The zero-order valence-corrected chi connectivity index (χ0v) is 13.5. The Morgan fingerprint density at radius 2 is 1.23 bits per heavy atom. The molecule has 0 heterocycles. The molecule has 0 fully saturated rings. The van der Waals surface area contributed by atoms with Crippen LogP contribution in [-0.4, -0.2) is 33.2 Å². The summed E-state index contributed by atoms with van der Waals surface area (Å²) in [5.74, 6) is -4.61. The van der Waals surface area contributed by atoms with Gasteiger partial charge in [-0.1, -0.05) is 58.4 Å². The van der Waals surface area contributed by atoms with E-state index < -0.39 is 23.8 Å². The summed E-state index contributed by atoms with van der Waals surface area (Å²) < 4.78 is 0. The summed E-state index contributed by atoms with van der Waals surface area (Å²) in [5.41, 5.74) is 0.176. The molecule has 0 rings (SSSR count). The second kappa shape index (κ2) is 14.1. The van der Waals surface area contributed by atoms with Crippen LogP contribution in [0.2, 0.25) is 0 Å². The average molecular weight is 316 g/mol. The van der Waals surface area contributed by atoms with Crippen molar-refractivity contribution in [3.05, 3.63) is 12.2 Å². The molecule has 3 N–H and O–H groups in total. The molecule has 0 radical (unpaired) electrons. The SMILES string of the molecule is C=C(C)C(=O)O.CCCCCCCCCC(C(=O)O)C(=O)O. The first kappa shape index (κ1) is 22.4. The van der Waals surface area contributed by atoms with Gasteiger partial charge in [0.05, 0.1) is 0 Å². The van der Waals surface area contributed by atoms with Crippen LogP contribution in [0.15, 0.2) is 12.2 Å². The van der Waals surface area contributed by atoms with Gasteiger partial charge in [0.15, 0.2) is 5.92 Å². The second-order valence-electron chi connectivity index (χ2n) is 5.22. The Morgan fingerprint density at radius 3 is 1.55 bits per heavy atom. The smallest absolute Gasteiger partial charge is 0.330 e. The van der Waals surface area contributed by atoms with Crippen LogP contribution >= 0.6 is 0 Å². The molecule has 0 bridgehead atoms. The van der Waals surface area contributed by atoms with Crippen molar-refractivity contribution in [2.75, 3.05) is 0 Å². The fourth-order valence-corrected chi connectivity index (χ4v) is 1.66. The molecule has 0 aliphatic carbocycles. The third-order valence-corrected chi connectivity index (χ3v) is 3.06. The number of carboxylic acids is 3. The van der Waals surface area contributed by atoms with Crippen molar-refractivity contribution in [3.63, 3.8) is 0 Å². The number of hydrogen-bond acceptors (Lipinski definition) is 3. The Hall–Kier alpha value is -1.85. The van der Waals surface area contributed by atoms with Crippen LogP contribution in [0.5, 0.6) is 0 Å². The van der Waals surface area contributed by atoms with E-state index in [1.807, 2.05) is 0 Å². The summed E-state index contributed by atoms with van der Waals surface area (Å²) in [6.07, 6.45) is 7.78. The molecule has 0 aliphatic rings. The van der Waals surface area contributed by atoms with Crippen LogP contribution in [0, 0.1) is 5.92 Å². The van der Waals surface area contributed by atoms with Gasteiger partial charge >= 0.3 is 17.9 Å². The maximum atomic E-state index is 10.6. The van der Waals surface area contributed by atoms with Crippen LogP contribution in [0.3, 0.4) is 0 Å². The first-order chi connectivity index (χ1) is 10.2. The number of hydrogen-bond donors (Lipinski definition) is 3. The quantitative estimate of drug-likeness (QED) is 0.305. The monoisotopic (exact) mass is 316 g/mol. The van der Waals surface area contributed by atoms with E-state index in [1.54, 1.807) is 0 Å². The van der Waals surface area contributed by atoms with Crippen molar-refractivity contribution < 1.29 is 29.7 Å². The van der Waals surface area contributed by atoms with E-state index in [-0.39, 0.29) is 12.0 Å². The summed E-state index contributed by atoms with van der Waals surface area (Å²) in [6, 6.07) is 0. The molecule has 22 heavy (non-hydrogen) atoms. The molecule has 0 saturated heterocycles. The standard InChI is InChI=1S/C12H22O4.C4H6O2/c1-2-3-4-5-6-7-8-9-10(11(13)14)12(15)16;1-3(2)4(5)6/h10H,2-9H2,1H3,(H,13,14)(H,15,16);1H2,2H3,(H,5,6). The van der Waals surface area contributed by atoms with Gasteiger partial charge < -0.3 is 15.3 Å². The Kier molecular flexibility index (Phi) is 14.4. The van der Waals surface area contributed by atoms with Crippen molar-refractivity contribution >= 4 is 17.9 Å². The molecule has 0 aliphatic heterocycles. The Bertz CT molecular complexity index is 336. The maximum Gasteiger partial charge on any atom is 0.330 e. The normalized spacial score (nSPS) is 9.77. The number of rotatable bonds is 11. The first-order valence-corrected chi connectivity index (χ1v) is 7.58. The van der Waals surface area contributed by atoms with E-state index >= 15 is 0 Å². The van der Waals surface area contributed by atoms with E-state index in [9.17, 15) is 14.4 Å². The highest BCUT2D eigenvalue weighted by molar-refractivity contribution is 5.92. The van der Waals surface area contributed by atoms with Gasteiger partial charge in [0.2, 0.25) is 0 Å². The van der Waals surface area contributed by atoms with Gasteiger partial charge in [-0.3, -0.25) is 9.59 Å². The molecule has 0 saturated carbocycles. The van der Waals surface area contributed by atoms with Gasteiger partial charge in [0.25, 0.3) is 0 Å². The topological polar surface area (TPSA) is 112 Å². The van der Waals surface area contributed by atoms with Crippen LogP contribution < -0.4 is 0 Å². The van der Waals surface area contributed by atoms with E-state index in [2.05, 4.69) is 13.5 Å². The van der Waals surface area contributed by atoms with Crippen molar-refractivity contribution in [1.29, 1.82) is 0 Å². The number of unbranched alkanes of at least 4 members (excludes halogenated alkanes) is 6. The lowest BCUT2D eigenvalue weighted by molar-refractivity contribution is -0.154. The van der Waals surface area contributed by atoms with Gasteiger partial charge in [0.1, 0.15) is 0 Å². The molecule has 0 spiro atoms. The summed E-state index contributed by atoms with van der Waals surface area (Å²) in [6.45, 7) is 6.76. The highest BCUT2D eigenvalue weighted by Gasteiger charge is 2.24. The number of aliphatic carboxylic acids is 3. The third kappa shape index (κ3) is 14.6. The molecular weight excluding hydrogens is 288 g/mol. The van der Waals surface area contributed by atoms with Gasteiger partial charge in [-0.2, -0.15) is 0 Å². The molecule has 0 aromatic heterocycles. The fourth-order valence-electron chi connectivity index (χ4n) is 1.66. The van der Waals surface area contributed by atoms with E-state index in [0.29, 0.717) is 6.42 Å². The third-order valence-electron chi connectivity index (χ3n) is 3.06. The van der Waals surface area contributed by atoms with Crippen molar-refractivity contribution in [1.82, 2.24) is 0 Å². The predicted molar refractivity (Wildman–Crippen MR) is 83.8 cm³/mol. The van der Waals surface area contributed by atoms with Crippen molar-refractivity contribution in [2.45, 2.75) is 65.2 Å². The van der Waals surface area contributed by atoms with Crippen molar-refractivity contribution in [2.24, 2.45) is 5.92 Å². The zero-order valence-electron chi connectivity index (χ0n) is 13.5.